The molecule has 0 aliphatic carbocycles. The van der Waals surface area contributed by atoms with E-state index in [1.165, 1.54) is 0 Å². The molecule has 1 aromatic carbocycles. The van der Waals surface area contributed by atoms with Gasteiger partial charge in [-0.25, -0.2) is 0 Å². The summed E-state index contributed by atoms with van der Waals surface area (Å²) in [6, 6.07) is 5.65. The van der Waals surface area contributed by atoms with Gasteiger partial charge < -0.3 is 4.74 Å². The van der Waals surface area contributed by atoms with Crippen LogP contribution >= 0.6 is 23.2 Å². The molecule has 0 unspecified atom stereocenters. The first-order valence-electron chi connectivity index (χ1n) is 5.09. The molecule has 0 saturated heterocycles. The summed E-state index contributed by atoms with van der Waals surface area (Å²) in [7, 11) is 0. The second-order valence-electron chi connectivity index (χ2n) is 3.42. The molecule has 0 atom stereocenters. The second kappa shape index (κ2) is 4.89. The maximum atomic E-state index is 6.10. The van der Waals surface area contributed by atoms with Crippen LogP contribution in [0.4, 0.5) is 0 Å². The summed E-state index contributed by atoms with van der Waals surface area (Å²) < 4.78 is 5.60. The SMILES string of the molecule is CCCOc1cccc2c(Cl)c(Cl)cnc12. The minimum atomic E-state index is 0.460. The Morgan fingerprint density at radius 1 is 1.31 bits per heavy atom. The number of benzene rings is 1. The number of para-hydroxylation sites is 1. The first-order chi connectivity index (χ1) is 7.74. The van der Waals surface area contributed by atoms with Gasteiger partial charge >= 0.3 is 0 Å². The standard InChI is InChI=1S/C12H11Cl2NO/c1-2-6-16-10-5-3-4-8-11(14)9(13)7-15-12(8)10/h3-5,7H,2,6H2,1H3. The Balaban J connectivity index is 2.56. The van der Waals surface area contributed by atoms with Crippen LogP contribution in [0, 0.1) is 0 Å². The van der Waals surface area contributed by atoms with Gasteiger partial charge in [0.15, 0.2) is 0 Å². The molecule has 0 radical (unpaired) electrons. The summed E-state index contributed by atoms with van der Waals surface area (Å²) in [5.41, 5.74) is 0.755. The van der Waals surface area contributed by atoms with Gasteiger partial charge in [-0.15, -0.1) is 0 Å². The van der Waals surface area contributed by atoms with Gasteiger partial charge in [-0.05, 0) is 12.5 Å². The summed E-state index contributed by atoms with van der Waals surface area (Å²) in [6.45, 7) is 2.73. The van der Waals surface area contributed by atoms with Crippen molar-refractivity contribution in [1.29, 1.82) is 0 Å². The third kappa shape index (κ3) is 2.08. The van der Waals surface area contributed by atoms with Crippen molar-refractivity contribution < 1.29 is 4.74 Å². The van der Waals surface area contributed by atoms with Crippen molar-refractivity contribution in [3.63, 3.8) is 0 Å². The Kier molecular flexibility index (Phi) is 3.52. The van der Waals surface area contributed by atoms with E-state index in [4.69, 9.17) is 27.9 Å². The zero-order valence-corrected chi connectivity index (χ0v) is 10.3. The van der Waals surface area contributed by atoms with Crippen molar-refractivity contribution in [2.45, 2.75) is 13.3 Å². The molecule has 0 saturated carbocycles. The Labute approximate surface area is 104 Å². The smallest absolute Gasteiger partial charge is 0.145 e. The van der Waals surface area contributed by atoms with Gasteiger partial charge in [0.05, 0.1) is 16.7 Å². The number of fused-ring (bicyclic) bond motifs is 1. The summed E-state index contributed by atoms with van der Waals surface area (Å²) in [5.74, 6) is 0.748. The molecular formula is C12H11Cl2NO. The van der Waals surface area contributed by atoms with Crippen molar-refractivity contribution >= 4 is 34.1 Å². The van der Waals surface area contributed by atoms with Gasteiger partial charge in [-0.1, -0.05) is 42.3 Å². The minimum absolute atomic E-state index is 0.460. The Bertz CT molecular complexity index is 514. The summed E-state index contributed by atoms with van der Waals surface area (Å²) in [6.07, 6.45) is 2.50. The van der Waals surface area contributed by atoms with Crippen molar-refractivity contribution in [3.8, 4) is 5.75 Å². The number of aromatic nitrogens is 1. The zero-order chi connectivity index (χ0) is 11.5. The third-order valence-electron chi connectivity index (χ3n) is 2.21. The van der Waals surface area contributed by atoms with E-state index >= 15 is 0 Å². The molecule has 2 nitrogen and oxygen atoms in total. The highest BCUT2D eigenvalue weighted by atomic mass is 35.5. The summed E-state index contributed by atoms with van der Waals surface area (Å²) >= 11 is 12.0. The van der Waals surface area contributed by atoms with Crippen LogP contribution in [-0.2, 0) is 0 Å². The molecule has 0 amide bonds. The van der Waals surface area contributed by atoms with Crippen LogP contribution in [0.1, 0.15) is 13.3 Å². The minimum Gasteiger partial charge on any atom is -0.491 e. The van der Waals surface area contributed by atoms with E-state index < -0.39 is 0 Å². The molecule has 2 rings (SSSR count). The summed E-state index contributed by atoms with van der Waals surface area (Å²) in [4.78, 5) is 4.25. The number of halogens is 2. The van der Waals surface area contributed by atoms with Crippen molar-refractivity contribution in [2.24, 2.45) is 0 Å². The monoisotopic (exact) mass is 255 g/mol. The molecule has 1 heterocycles. The number of nitrogens with zero attached hydrogens (tertiary/aromatic N) is 1. The van der Waals surface area contributed by atoms with Gasteiger partial charge in [0.2, 0.25) is 0 Å². The average molecular weight is 256 g/mol. The number of hydrogen-bond donors (Lipinski definition) is 0. The predicted molar refractivity (Wildman–Crippen MR) is 67.5 cm³/mol. The first-order valence-corrected chi connectivity index (χ1v) is 5.85. The molecule has 1 aromatic heterocycles. The van der Waals surface area contributed by atoms with Gasteiger partial charge in [0, 0.05) is 11.6 Å². The number of hydrogen-bond acceptors (Lipinski definition) is 2. The van der Waals surface area contributed by atoms with Crippen LogP contribution < -0.4 is 4.74 Å². The number of pyridine rings is 1. The topological polar surface area (TPSA) is 22.1 Å². The molecular weight excluding hydrogens is 245 g/mol. The van der Waals surface area contributed by atoms with Crippen LogP contribution in [0.3, 0.4) is 0 Å². The van der Waals surface area contributed by atoms with E-state index in [1.807, 2.05) is 18.2 Å². The van der Waals surface area contributed by atoms with E-state index in [0.717, 1.165) is 23.1 Å². The average Bonchev–Trinajstić information content (AvgIpc) is 2.31. The fourth-order valence-corrected chi connectivity index (χ4v) is 1.82. The molecule has 84 valence electrons. The molecule has 4 heteroatoms. The predicted octanol–water partition coefficient (Wildman–Crippen LogP) is 4.33. The maximum absolute atomic E-state index is 6.10. The quantitative estimate of drug-likeness (QED) is 0.815. The van der Waals surface area contributed by atoms with E-state index in [2.05, 4.69) is 11.9 Å². The Morgan fingerprint density at radius 3 is 2.88 bits per heavy atom. The maximum Gasteiger partial charge on any atom is 0.145 e. The lowest BCUT2D eigenvalue weighted by Crippen LogP contribution is -1.96. The van der Waals surface area contributed by atoms with Crippen molar-refractivity contribution in [3.05, 3.63) is 34.4 Å². The lowest BCUT2D eigenvalue weighted by Gasteiger charge is -2.08. The van der Waals surface area contributed by atoms with Crippen LogP contribution in [0.5, 0.6) is 5.75 Å². The summed E-state index contributed by atoms with van der Waals surface area (Å²) in [5, 5.41) is 1.80. The van der Waals surface area contributed by atoms with E-state index in [1.54, 1.807) is 6.20 Å². The highest BCUT2D eigenvalue weighted by Gasteiger charge is 2.08. The van der Waals surface area contributed by atoms with Crippen LogP contribution in [0.25, 0.3) is 10.9 Å². The number of rotatable bonds is 3. The fraction of sp³-hybridized carbons (Fsp3) is 0.250. The van der Waals surface area contributed by atoms with E-state index in [0.29, 0.717) is 16.7 Å². The normalized spacial score (nSPS) is 10.7. The third-order valence-corrected chi connectivity index (χ3v) is 3.00. The van der Waals surface area contributed by atoms with E-state index in [9.17, 15) is 0 Å². The lowest BCUT2D eigenvalue weighted by molar-refractivity contribution is 0.320. The van der Waals surface area contributed by atoms with Gasteiger partial charge in [-0.2, -0.15) is 0 Å². The van der Waals surface area contributed by atoms with Gasteiger partial charge in [-0.3, -0.25) is 4.98 Å². The molecule has 16 heavy (non-hydrogen) atoms. The zero-order valence-electron chi connectivity index (χ0n) is 8.84. The largest absolute Gasteiger partial charge is 0.491 e. The second-order valence-corrected chi connectivity index (χ2v) is 4.21. The van der Waals surface area contributed by atoms with Gasteiger partial charge in [0.25, 0.3) is 0 Å². The Hall–Kier alpha value is -0.990. The highest BCUT2D eigenvalue weighted by molar-refractivity contribution is 6.45. The fourth-order valence-electron chi connectivity index (χ4n) is 1.47. The van der Waals surface area contributed by atoms with Gasteiger partial charge in [0.1, 0.15) is 11.3 Å². The first kappa shape index (κ1) is 11.5. The molecule has 0 spiro atoms. The molecule has 0 fully saturated rings. The lowest BCUT2D eigenvalue weighted by atomic mass is 10.2. The van der Waals surface area contributed by atoms with Crippen LogP contribution in [0.15, 0.2) is 24.4 Å². The van der Waals surface area contributed by atoms with Crippen LogP contribution in [-0.4, -0.2) is 11.6 Å². The molecule has 0 bridgehead atoms. The van der Waals surface area contributed by atoms with Crippen LogP contribution in [0.2, 0.25) is 10.0 Å². The highest BCUT2D eigenvalue weighted by Crippen LogP contribution is 2.33. The molecule has 0 aliphatic rings. The Morgan fingerprint density at radius 2 is 2.12 bits per heavy atom. The number of ether oxygens (including phenoxy) is 1. The molecule has 0 N–H and O–H groups in total. The van der Waals surface area contributed by atoms with Crippen molar-refractivity contribution in [2.75, 3.05) is 6.61 Å². The molecule has 2 aromatic rings. The molecule has 0 aliphatic heterocycles. The van der Waals surface area contributed by atoms with E-state index in [-0.39, 0.29) is 0 Å². The van der Waals surface area contributed by atoms with Crippen molar-refractivity contribution in [1.82, 2.24) is 4.98 Å².